The lowest BCUT2D eigenvalue weighted by Gasteiger charge is -2.21. The summed E-state index contributed by atoms with van der Waals surface area (Å²) in [7, 11) is 2.04. The van der Waals surface area contributed by atoms with Crippen LogP contribution in [0, 0.1) is 0 Å². The van der Waals surface area contributed by atoms with Crippen molar-refractivity contribution < 1.29 is 0 Å². The molecule has 0 spiro atoms. The second kappa shape index (κ2) is 5.76. The van der Waals surface area contributed by atoms with Crippen LogP contribution in [0.2, 0.25) is 0 Å². The number of benzene rings is 2. The highest BCUT2D eigenvalue weighted by Crippen LogP contribution is 2.27. The number of nitrogens with zero attached hydrogens (tertiary/aromatic N) is 1. The minimum atomic E-state index is 0.781. The van der Waals surface area contributed by atoms with Crippen LogP contribution in [0.25, 0.3) is 0 Å². The maximum absolute atomic E-state index is 6.02. The third kappa shape index (κ3) is 3.27. The summed E-state index contributed by atoms with van der Waals surface area (Å²) in [5.41, 5.74) is 9.10. The van der Waals surface area contributed by atoms with Crippen LogP contribution in [0.5, 0.6) is 0 Å². The summed E-state index contributed by atoms with van der Waals surface area (Å²) in [6.07, 6.45) is 0. The molecule has 0 unspecified atom stereocenters. The zero-order valence-electron chi connectivity index (χ0n) is 10.0. The number of nitrogens with two attached hydrogens (primary N) is 1. The van der Waals surface area contributed by atoms with Crippen LogP contribution >= 0.6 is 31.9 Å². The van der Waals surface area contributed by atoms with Crippen LogP contribution in [0.1, 0.15) is 5.56 Å². The molecule has 2 rings (SSSR count). The molecule has 0 aliphatic rings. The third-order valence-corrected chi connectivity index (χ3v) is 3.76. The minimum Gasteiger partial charge on any atom is -0.397 e. The molecule has 2 aromatic rings. The van der Waals surface area contributed by atoms with Crippen molar-refractivity contribution in [3.05, 3.63) is 57.0 Å². The first-order valence-corrected chi connectivity index (χ1v) is 7.15. The van der Waals surface area contributed by atoms with Gasteiger partial charge in [0.15, 0.2) is 0 Å². The zero-order chi connectivity index (χ0) is 13.1. The monoisotopic (exact) mass is 368 g/mol. The topological polar surface area (TPSA) is 29.3 Å². The summed E-state index contributed by atoms with van der Waals surface area (Å²) >= 11 is 6.85. The molecule has 0 radical (unpaired) electrons. The van der Waals surface area contributed by atoms with Crippen molar-refractivity contribution in [3.8, 4) is 0 Å². The Bertz CT molecular complexity index is 538. The van der Waals surface area contributed by atoms with Gasteiger partial charge in [-0.25, -0.2) is 0 Å². The smallest absolute Gasteiger partial charge is 0.0601 e. The van der Waals surface area contributed by atoms with Crippen molar-refractivity contribution in [2.24, 2.45) is 0 Å². The van der Waals surface area contributed by atoms with Crippen molar-refractivity contribution in [2.75, 3.05) is 17.7 Å². The lowest BCUT2D eigenvalue weighted by atomic mass is 10.2. The highest BCUT2D eigenvalue weighted by atomic mass is 79.9. The fourth-order valence-electron chi connectivity index (χ4n) is 1.82. The van der Waals surface area contributed by atoms with Crippen LogP contribution in [-0.2, 0) is 6.54 Å². The van der Waals surface area contributed by atoms with Crippen LogP contribution < -0.4 is 10.6 Å². The van der Waals surface area contributed by atoms with Crippen molar-refractivity contribution in [2.45, 2.75) is 6.54 Å². The van der Waals surface area contributed by atoms with Gasteiger partial charge < -0.3 is 10.6 Å². The molecule has 0 amide bonds. The predicted molar refractivity (Wildman–Crippen MR) is 84.8 cm³/mol. The van der Waals surface area contributed by atoms with Gasteiger partial charge in [-0.1, -0.05) is 44.0 Å². The van der Waals surface area contributed by atoms with Crippen LogP contribution in [0.4, 0.5) is 11.4 Å². The molecule has 0 bridgehead atoms. The van der Waals surface area contributed by atoms with E-state index in [4.69, 9.17) is 5.73 Å². The van der Waals surface area contributed by atoms with Crippen molar-refractivity contribution in [1.82, 2.24) is 0 Å². The Morgan fingerprint density at radius 3 is 2.22 bits per heavy atom. The summed E-state index contributed by atoms with van der Waals surface area (Å²) in [6.45, 7) is 0.832. The molecule has 2 aromatic carbocycles. The van der Waals surface area contributed by atoms with E-state index in [0.29, 0.717) is 0 Å². The van der Waals surface area contributed by atoms with E-state index in [9.17, 15) is 0 Å². The van der Waals surface area contributed by atoms with E-state index in [-0.39, 0.29) is 0 Å². The number of nitrogen functional groups attached to an aromatic ring is 1. The van der Waals surface area contributed by atoms with E-state index in [2.05, 4.69) is 48.9 Å². The van der Waals surface area contributed by atoms with E-state index in [1.807, 2.05) is 37.4 Å². The molecular formula is C14H14Br2N2. The molecule has 18 heavy (non-hydrogen) atoms. The lowest BCUT2D eigenvalue weighted by Crippen LogP contribution is -2.17. The summed E-state index contributed by atoms with van der Waals surface area (Å²) < 4.78 is 2.10. The highest BCUT2D eigenvalue weighted by molar-refractivity contribution is 9.10. The van der Waals surface area contributed by atoms with Gasteiger partial charge in [0.1, 0.15) is 0 Å². The normalized spacial score (nSPS) is 10.4. The number of halogens is 2. The maximum Gasteiger partial charge on any atom is 0.0601 e. The molecule has 0 aromatic heterocycles. The average Bonchev–Trinajstić information content (AvgIpc) is 2.32. The highest BCUT2D eigenvalue weighted by Gasteiger charge is 2.06. The zero-order valence-corrected chi connectivity index (χ0v) is 13.2. The van der Waals surface area contributed by atoms with Gasteiger partial charge in [-0.15, -0.1) is 0 Å². The standard InChI is InChI=1S/C14H14Br2N2/c1-18(9-10-2-4-11(15)5-3-10)14-7-6-12(16)8-13(14)17/h2-8H,9,17H2,1H3. The van der Waals surface area contributed by atoms with Gasteiger partial charge in [0.25, 0.3) is 0 Å². The Labute approximate surface area is 124 Å². The number of anilines is 2. The summed E-state index contributed by atoms with van der Waals surface area (Å²) in [5.74, 6) is 0. The molecular weight excluding hydrogens is 356 g/mol. The predicted octanol–water partition coefficient (Wildman–Crippen LogP) is 4.43. The number of hydrogen-bond donors (Lipinski definition) is 1. The molecule has 2 N–H and O–H groups in total. The molecule has 0 aliphatic carbocycles. The maximum atomic E-state index is 6.02. The Morgan fingerprint density at radius 2 is 1.61 bits per heavy atom. The van der Waals surface area contributed by atoms with Gasteiger partial charge in [0.2, 0.25) is 0 Å². The quantitative estimate of drug-likeness (QED) is 0.811. The van der Waals surface area contributed by atoms with Crippen molar-refractivity contribution in [3.63, 3.8) is 0 Å². The van der Waals surface area contributed by atoms with E-state index in [1.165, 1.54) is 5.56 Å². The Morgan fingerprint density at radius 1 is 1.00 bits per heavy atom. The summed E-state index contributed by atoms with van der Waals surface area (Å²) in [4.78, 5) is 2.14. The Kier molecular flexibility index (Phi) is 4.30. The average molecular weight is 370 g/mol. The molecule has 94 valence electrons. The van der Waals surface area contributed by atoms with Crippen LogP contribution in [0.3, 0.4) is 0 Å². The second-order valence-electron chi connectivity index (χ2n) is 4.19. The Hall–Kier alpha value is -1.00. The lowest BCUT2D eigenvalue weighted by molar-refractivity contribution is 0.924. The van der Waals surface area contributed by atoms with Gasteiger partial charge in [-0.3, -0.25) is 0 Å². The first-order valence-electron chi connectivity index (χ1n) is 5.57. The van der Waals surface area contributed by atoms with Gasteiger partial charge >= 0.3 is 0 Å². The minimum absolute atomic E-state index is 0.781. The molecule has 0 fully saturated rings. The molecule has 0 atom stereocenters. The number of rotatable bonds is 3. The fourth-order valence-corrected chi connectivity index (χ4v) is 2.46. The van der Waals surface area contributed by atoms with Crippen LogP contribution in [0.15, 0.2) is 51.4 Å². The molecule has 0 saturated heterocycles. The first-order chi connectivity index (χ1) is 8.56. The van der Waals surface area contributed by atoms with E-state index in [1.54, 1.807) is 0 Å². The third-order valence-electron chi connectivity index (χ3n) is 2.73. The van der Waals surface area contributed by atoms with Crippen LogP contribution in [-0.4, -0.2) is 7.05 Å². The molecule has 0 saturated carbocycles. The largest absolute Gasteiger partial charge is 0.397 e. The molecule has 2 nitrogen and oxygen atoms in total. The van der Waals surface area contributed by atoms with Gasteiger partial charge in [-0.05, 0) is 35.9 Å². The fraction of sp³-hybridized carbons (Fsp3) is 0.143. The van der Waals surface area contributed by atoms with E-state index < -0.39 is 0 Å². The van der Waals surface area contributed by atoms with Gasteiger partial charge in [0.05, 0.1) is 11.4 Å². The van der Waals surface area contributed by atoms with Crippen molar-refractivity contribution >= 4 is 43.2 Å². The second-order valence-corrected chi connectivity index (χ2v) is 6.02. The SMILES string of the molecule is CN(Cc1ccc(Br)cc1)c1ccc(Br)cc1N. The molecule has 0 aliphatic heterocycles. The van der Waals surface area contributed by atoms with E-state index in [0.717, 1.165) is 26.9 Å². The van der Waals surface area contributed by atoms with Crippen molar-refractivity contribution in [1.29, 1.82) is 0 Å². The van der Waals surface area contributed by atoms with Gasteiger partial charge in [-0.2, -0.15) is 0 Å². The Balaban J connectivity index is 2.16. The molecule has 4 heteroatoms. The summed E-state index contributed by atoms with van der Waals surface area (Å²) in [6, 6.07) is 14.3. The molecule has 0 heterocycles. The number of hydrogen-bond acceptors (Lipinski definition) is 2. The summed E-state index contributed by atoms with van der Waals surface area (Å²) in [5, 5.41) is 0. The first kappa shape index (κ1) is 13.4. The van der Waals surface area contributed by atoms with E-state index >= 15 is 0 Å². The van der Waals surface area contributed by atoms with Gasteiger partial charge in [0, 0.05) is 22.5 Å².